The van der Waals surface area contributed by atoms with Gasteiger partial charge in [-0.2, -0.15) is 0 Å². The predicted octanol–water partition coefficient (Wildman–Crippen LogP) is 3.24. The van der Waals surface area contributed by atoms with E-state index < -0.39 is 0 Å². The Bertz CT molecular complexity index is 758. The summed E-state index contributed by atoms with van der Waals surface area (Å²) in [5.74, 6) is 0.926. The van der Waals surface area contributed by atoms with Crippen molar-refractivity contribution < 1.29 is 9.53 Å². The summed E-state index contributed by atoms with van der Waals surface area (Å²) in [7, 11) is 0. The van der Waals surface area contributed by atoms with Gasteiger partial charge in [-0.15, -0.1) is 0 Å². The molecule has 1 fully saturated rings. The molecule has 2 aliphatic rings. The second-order valence-electron chi connectivity index (χ2n) is 6.61. The number of rotatable bonds is 2. The van der Waals surface area contributed by atoms with Crippen molar-refractivity contribution in [3.8, 4) is 5.75 Å². The smallest absolute Gasteiger partial charge is 0.229 e. The van der Waals surface area contributed by atoms with Gasteiger partial charge in [0.1, 0.15) is 12.4 Å². The number of hydrogen-bond acceptors (Lipinski definition) is 3. The highest BCUT2D eigenvalue weighted by Gasteiger charge is 2.31. The van der Waals surface area contributed by atoms with Gasteiger partial charge in [0.25, 0.3) is 0 Å². The summed E-state index contributed by atoms with van der Waals surface area (Å²) in [4.78, 5) is 17.2. The number of hydrogen-bond donors (Lipinski definition) is 0. The van der Waals surface area contributed by atoms with Crippen LogP contribution in [0.1, 0.15) is 5.56 Å². The van der Waals surface area contributed by atoms with E-state index in [9.17, 15) is 4.79 Å². The molecule has 0 N–H and O–H groups in total. The highest BCUT2D eigenvalue weighted by Crippen LogP contribution is 2.30. The third-order valence-electron chi connectivity index (χ3n) is 4.99. The quantitative estimate of drug-likeness (QED) is 0.828. The first-order valence-electron chi connectivity index (χ1n) is 8.71. The molecule has 0 spiro atoms. The van der Waals surface area contributed by atoms with E-state index in [1.165, 1.54) is 5.69 Å². The second kappa shape index (κ2) is 6.96. The molecular weight excluding hydrogens is 336 g/mol. The average Bonchev–Trinajstić information content (AvgIpc) is 2.67. The Hall–Kier alpha value is -2.20. The number of benzene rings is 2. The van der Waals surface area contributed by atoms with Crippen LogP contribution < -0.4 is 9.64 Å². The Kier molecular flexibility index (Phi) is 4.53. The number of carbonyl (C=O) groups is 1. The molecule has 1 saturated heterocycles. The molecule has 2 heterocycles. The maximum atomic E-state index is 12.9. The Morgan fingerprint density at radius 2 is 1.80 bits per heavy atom. The normalized spacial score (nSPS) is 20.0. The van der Waals surface area contributed by atoms with Crippen LogP contribution in [0.15, 0.2) is 48.5 Å². The van der Waals surface area contributed by atoms with Crippen molar-refractivity contribution in [2.75, 3.05) is 37.7 Å². The van der Waals surface area contributed by atoms with E-state index in [1.54, 1.807) is 0 Å². The minimum absolute atomic E-state index is 0.116. The molecule has 4 nitrogen and oxygen atoms in total. The summed E-state index contributed by atoms with van der Waals surface area (Å²) >= 11 is 6.07. The molecule has 1 amide bonds. The zero-order valence-corrected chi connectivity index (χ0v) is 14.8. The number of para-hydroxylation sites is 1. The fourth-order valence-electron chi connectivity index (χ4n) is 3.60. The van der Waals surface area contributed by atoms with Crippen LogP contribution >= 0.6 is 11.6 Å². The van der Waals surface area contributed by atoms with E-state index in [2.05, 4.69) is 29.2 Å². The fourth-order valence-corrected chi connectivity index (χ4v) is 3.80. The first-order chi connectivity index (χ1) is 12.2. The highest BCUT2D eigenvalue weighted by molar-refractivity contribution is 6.30. The molecule has 0 radical (unpaired) electrons. The van der Waals surface area contributed by atoms with Crippen molar-refractivity contribution >= 4 is 23.2 Å². The van der Waals surface area contributed by atoms with E-state index >= 15 is 0 Å². The maximum absolute atomic E-state index is 12.9. The largest absolute Gasteiger partial charge is 0.492 e. The van der Waals surface area contributed by atoms with Crippen molar-refractivity contribution in [3.05, 3.63) is 59.1 Å². The van der Waals surface area contributed by atoms with Crippen LogP contribution in [-0.2, 0) is 11.2 Å². The number of carbonyl (C=O) groups excluding carboxylic acids is 1. The van der Waals surface area contributed by atoms with Crippen LogP contribution in [0.3, 0.4) is 0 Å². The molecule has 2 aliphatic heterocycles. The molecule has 0 saturated carbocycles. The van der Waals surface area contributed by atoms with Crippen LogP contribution in [0.25, 0.3) is 0 Å². The summed E-state index contributed by atoms with van der Waals surface area (Å²) < 4.78 is 5.78. The third kappa shape index (κ3) is 3.45. The van der Waals surface area contributed by atoms with Crippen LogP contribution in [-0.4, -0.2) is 43.6 Å². The lowest BCUT2D eigenvalue weighted by atomic mass is 9.95. The van der Waals surface area contributed by atoms with Crippen molar-refractivity contribution in [2.24, 2.45) is 5.92 Å². The van der Waals surface area contributed by atoms with Gasteiger partial charge in [-0.3, -0.25) is 4.79 Å². The first-order valence-corrected chi connectivity index (χ1v) is 9.08. The van der Waals surface area contributed by atoms with Crippen molar-refractivity contribution in [3.63, 3.8) is 0 Å². The Morgan fingerprint density at radius 3 is 2.56 bits per heavy atom. The van der Waals surface area contributed by atoms with Crippen molar-refractivity contribution in [1.82, 2.24) is 4.90 Å². The minimum Gasteiger partial charge on any atom is -0.492 e. The highest BCUT2D eigenvalue weighted by atomic mass is 35.5. The number of nitrogens with zero attached hydrogens (tertiary/aromatic N) is 2. The molecule has 0 unspecified atom stereocenters. The lowest BCUT2D eigenvalue weighted by Crippen LogP contribution is -2.51. The Balaban J connectivity index is 1.38. The molecule has 0 bridgehead atoms. The zero-order valence-electron chi connectivity index (χ0n) is 14.0. The zero-order chi connectivity index (χ0) is 17.2. The lowest BCUT2D eigenvalue weighted by molar-refractivity contribution is -0.137. The van der Waals surface area contributed by atoms with Gasteiger partial charge in [0.15, 0.2) is 0 Å². The molecule has 2 aromatic carbocycles. The molecule has 0 aliphatic carbocycles. The lowest BCUT2D eigenvalue weighted by Gasteiger charge is -2.38. The van der Waals surface area contributed by atoms with Crippen molar-refractivity contribution in [2.45, 2.75) is 6.42 Å². The number of ether oxygens (including phenoxy) is 1. The SMILES string of the molecule is O=C([C@@H]1COc2ccc(Cl)cc2C1)N1CCN(c2ccccc2)CC1. The predicted molar refractivity (Wildman–Crippen MR) is 99.4 cm³/mol. The van der Waals surface area contributed by atoms with Crippen LogP contribution in [0, 0.1) is 5.92 Å². The molecule has 0 aromatic heterocycles. The number of anilines is 1. The molecule has 130 valence electrons. The summed E-state index contributed by atoms with van der Waals surface area (Å²) in [6, 6.07) is 16.0. The van der Waals surface area contributed by atoms with Gasteiger partial charge in [-0.05, 0) is 42.3 Å². The molecule has 5 heteroatoms. The van der Waals surface area contributed by atoms with Crippen LogP contribution in [0.4, 0.5) is 5.69 Å². The van der Waals surface area contributed by atoms with Gasteiger partial charge in [0.2, 0.25) is 5.91 Å². The molecule has 25 heavy (non-hydrogen) atoms. The molecule has 1 atom stereocenters. The topological polar surface area (TPSA) is 32.8 Å². The second-order valence-corrected chi connectivity index (χ2v) is 7.05. The molecule has 2 aromatic rings. The number of fused-ring (bicyclic) bond motifs is 1. The van der Waals surface area contributed by atoms with E-state index in [4.69, 9.17) is 16.3 Å². The summed E-state index contributed by atoms with van der Waals surface area (Å²) in [6.07, 6.45) is 0.702. The van der Waals surface area contributed by atoms with Gasteiger partial charge in [-0.25, -0.2) is 0 Å². The van der Waals surface area contributed by atoms with Gasteiger partial charge >= 0.3 is 0 Å². The first kappa shape index (κ1) is 16.3. The summed E-state index contributed by atoms with van der Waals surface area (Å²) in [5.41, 5.74) is 2.25. The monoisotopic (exact) mass is 356 g/mol. The summed E-state index contributed by atoms with van der Waals surface area (Å²) in [6.45, 7) is 3.70. The summed E-state index contributed by atoms with van der Waals surface area (Å²) in [5, 5.41) is 0.687. The third-order valence-corrected chi connectivity index (χ3v) is 5.23. The average molecular weight is 357 g/mol. The standard InChI is InChI=1S/C20H21ClN2O2/c21-17-6-7-19-15(13-17)12-16(14-25-19)20(24)23-10-8-22(9-11-23)18-4-2-1-3-5-18/h1-7,13,16H,8-12,14H2/t16-/m0/s1. The maximum Gasteiger partial charge on any atom is 0.229 e. The Morgan fingerprint density at radius 1 is 1.04 bits per heavy atom. The Labute approximate surface area is 152 Å². The molecule has 4 rings (SSSR count). The van der Waals surface area contributed by atoms with Crippen LogP contribution in [0.2, 0.25) is 5.02 Å². The van der Waals surface area contributed by atoms with Crippen molar-refractivity contribution in [1.29, 1.82) is 0 Å². The number of amides is 1. The van der Waals surface area contributed by atoms with Gasteiger partial charge in [0, 0.05) is 36.9 Å². The number of piperazine rings is 1. The van der Waals surface area contributed by atoms with E-state index in [0.717, 1.165) is 37.5 Å². The van der Waals surface area contributed by atoms with Crippen LogP contribution in [0.5, 0.6) is 5.75 Å². The van der Waals surface area contributed by atoms with Gasteiger partial charge in [-0.1, -0.05) is 29.8 Å². The van der Waals surface area contributed by atoms with E-state index in [-0.39, 0.29) is 11.8 Å². The fraction of sp³-hybridized carbons (Fsp3) is 0.350. The minimum atomic E-state index is -0.116. The van der Waals surface area contributed by atoms with Gasteiger partial charge in [0.05, 0.1) is 5.92 Å². The van der Waals surface area contributed by atoms with E-state index in [0.29, 0.717) is 18.1 Å². The van der Waals surface area contributed by atoms with E-state index in [1.807, 2.05) is 29.2 Å². The number of halogens is 1. The molecular formula is C20H21ClN2O2. The van der Waals surface area contributed by atoms with Gasteiger partial charge < -0.3 is 14.5 Å².